The molecule has 0 amide bonds. The lowest BCUT2D eigenvalue weighted by Gasteiger charge is -2.41. The van der Waals surface area contributed by atoms with Crippen molar-refractivity contribution in [2.45, 2.75) is 40.3 Å². The molecule has 0 rings (SSSR count). The van der Waals surface area contributed by atoms with Crippen LogP contribution in [-0.2, 0) is 24.4 Å². The highest BCUT2D eigenvalue weighted by Gasteiger charge is 2.31. The van der Waals surface area contributed by atoms with Crippen molar-refractivity contribution < 1.29 is 37.2 Å². The van der Waals surface area contributed by atoms with E-state index in [1.807, 2.05) is 20.8 Å². The lowest BCUT2D eigenvalue weighted by atomic mass is 10.2. The van der Waals surface area contributed by atoms with E-state index in [2.05, 4.69) is 6.58 Å². The molecule has 2 N–H and O–H groups in total. The molecular weight excluding hydrogens is 338 g/mol. The second kappa shape index (κ2) is 11.5. The second-order valence-electron chi connectivity index (χ2n) is 5.60. The molecule has 0 spiro atoms. The average Bonchev–Trinajstić information content (AvgIpc) is 2.46. The van der Waals surface area contributed by atoms with Crippen molar-refractivity contribution in [2.24, 2.45) is 0 Å². The summed E-state index contributed by atoms with van der Waals surface area (Å²) in [7, 11) is -3.94. The number of quaternary nitrogens is 1. The lowest BCUT2D eigenvalue weighted by molar-refractivity contribution is -0.967. The zero-order valence-electron chi connectivity index (χ0n) is 15.0. The Labute approximate surface area is 145 Å². The molecule has 0 saturated carbocycles. The molecule has 0 aromatic heterocycles. The first-order valence-corrected chi connectivity index (χ1v) is 9.44. The van der Waals surface area contributed by atoms with Crippen LogP contribution in [0.15, 0.2) is 12.2 Å². The molecule has 9 heteroatoms. The predicted molar refractivity (Wildman–Crippen MR) is 90.4 cm³/mol. The van der Waals surface area contributed by atoms with E-state index in [4.69, 9.17) is 14.0 Å². The quantitative estimate of drug-likeness (QED) is 0.138. The Morgan fingerprint density at radius 3 is 2.21 bits per heavy atom. The van der Waals surface area contributed by atoms with Gasteiger partial charge in [0.05, 0.1) is 32.0 Å². The van der Waals surface area contributed by atoms with E-state index in [9.17, 15) is 13.2 Å². The van der Waals surface area contributed by atoms with Crippen molar-refractivity contribution in [3.05, 3.63) is 12.2 Å². The van der Waals surface area contributed by atoms with Crippen LogP contribution >= 0.6 is 0 Å². The number of carbonyl (C=O) groups is 1. The van der Waals surface area contributed by atoms with E-state index in [-0.39, 0.29) is 30.7 Å². The van der Waals surface area contributed by atoms with Crippen LogP contribution in [0.4, 0.5) is 0 Å². The maximum absolute atomic E-state index is 11.3. The van der Waals surface area contributed by atoms with E-state index >= 15 is 0 Å². The molecule has 0 aliphatic rings. The van der Waals surface area contributed by atoms with Gasteiger partial charge in [0.1, 0.15) is 6.61 Å². The van der Waals surface area contributed by atoms with Crippen LogP contribution in [0, 0.1) is 0 Å². The van der Waals surface area contributed by atoms with E-state index in [1.54, 1.807) is 6.92 Å². The number of ether oxygens (including phenoxy) is 2. The second-order valence-corrected chi connectivity index (χ2v) is 7.17. The minimum atomic E-state index is -3.94. The summed E-state index contributed by atoms with van der Waals surface area (Å²) in [6.45, 7) is 13.6. The van der Waals surface area contributed by atoms with Crippen LogP contribution in [0.25, 0.3) is 0 Å². The summed E-state index contributed by atoms with van der Waals surface area (Å²) in [4.78, 5) is 11.3. The van der Waals surface area contributed by atoms with Gasteiger partial charge >= 0.3 is 5.97 Å². The molecule has 144 valence electrons. The van der Waals surface area contributed by atoms with Gasteiger partial charge < -0.3 is 14.9 Å². The molecule has 0 aromatic carbocycles. The van der Waals surface area contributed by atoms with Gasteiger partial charge in [0, 0.05) is 18.9 Å². The average molecular weight is 369 g/mol. The van der Waals surface area contributed by atoms with Gasteiger partial charge in [-0.3, -0.25) is 9.04 Å². The maximum Gasteiger partial charge on any atom is 0.333 e. The zero-order valence-corrected chi connectivity index (χ0v) is 15.8. The van der Waals surface area contributed by atoms with Crippen molar-refractivity contribution in [1.82, 2.24) is 0 Å². The van der Waals surface area contributed by atoms with Crippen LogP contribution in [0.1, 0.15) is 34.1 Å². The lowest BCUT2D eigenvalue weighted by Crippen LogP contribution is -2.56. The molecule has 0 bridgehead atoms. The summed E-state index contributed by atoms with van der Waals surface area (Å²) in [5, 5.41) is 0. The number of nitrogens with zero attached hydrogens (tertiary/aromatic N) is 1. The Morgan fingerprint density at radius 2 is 1.79 bits per heavy atom. The highest BCUT2D eigenvalue weighted by Crippen LogP contribution is 2.16. The van der Waals surface area contributed by atoms with E-state index in [0.717, 1.165) is 13.1 Å². The van der Waals surface area contributed by atoms with Crippen LogP contribution in [0.5, 0.6) is 0 Å². The number of hydrogen-bond donors (Lipinski definition) is 1. The van der Waals surface area contributed by atoms with Gasteiger partial charge in [0.15, 0.2) is 6.23 Å². The highest BCUT2D eigenvalue weighted by atomic mass is 32.2. The van der Waals surface area contributed by atoms with Crippen LogP contribution in [-0.4, -0.2) is 73.7 Å². The Bertz CT molecular complexity index is 486. The Kier molecular flexibility index (Phi) is 12.1. The van der Waals surface area contributed by atoms with Crippen LogP contribution in [0.2, 0.25) is 0 Å². The molecule has 8 nitrogen and oxygen atoms in total. The minimum absolute atomic E-state index is 0. The standard InChI is InChI=1S/C15H29NO6S.H2O/c1-6-16(7-2,9-8-12-23(18,19)20)14(5)21-10-11-22-15(17)13(3)4;/h14H,3,6-12H2,1-2,4-5H3;1H2. The largest absolute Gasteiger partial charge is 0.870 e. The van der Waals surface area contributed by atoms with Crippen molar-refractivity contribution in [1.29, 1.82) is 0 Å². The minimum Gasteiger partial charge on any atom is -0.870 e. The third-order valence-corrected chi connectivity index (χ3v) is 4.87. The fourth-order valence-electron chi connectivity index (χ4n) is 2.43. The molecule has 0 saturated heterocycles. The molecule has 0 aliphatic carbocycles. The molecule has 1 unspecified atom stereocenters. The molecule has 0 radical (unpaired) electrons. The first kappa shape index (κ1) is 25.2. The van der Waals surface area contributed by atoms with Crippen LogP contribution < -0.4 is 0 Å². The van der Waals surface area contributed by atoms with Crippen molar-refractivity contribution in [2.75, 3.05) is 38.6 Å². The third-order valence-electron chi connectivity index (χ3n) is 4.06. The predicted octanol–water partition coefficient (Wildman–Crippen LogP) is 1.43. The molecule has 0 heterocycles. The highest BCUT2D eigenvalue weighted by molar-refractivity contribution is 7.85. The zero-order chi connectivity index (χ0) is 18.1. The molecule has 24 heavy (non-hydrogen) atoms. The van der Waals surface area contributed by atoms with Gasteiger partial charge in [-0.25, -0.2) is 4.79 Å². The van der Waals surface area contributed by atoms with Gasteiger partial charge in [-0.2, -0.15) is 8.42 Å². The molecule has 0 aliphatic heterocycles. The summed E-state index contributed by atoms with van der Waals surface area (Å²) in [5.74, 6) is -0.697. The fraction of sp³-hybridized carbons (Fsp3) is 0.800. The van der Waals surface area contributed by atoms with Gasteiger partial charge in [-0.1, -0.05) is 6.58 Å². The number of carbonyl (C=O) groups excluding carboxylic acids is 1. The summed E-state index contributed by atoms with van der Waals surface area (Å²) >= 11 is 0. The molecule has 0 aromatic rings. The van der Waals surface area contributed by atoms with Gasteiger partial charge in [0.2, 0.25) is 0 Å². The normalized spacial score (nSPS) is 13.0. The Morgan fingerprint density at radius 1 is 1.25 bits per heavy atom. The number of hydrogen-bond acceptors (Lipinski definition) is 6. The fourth-order valence-corrected chi connectivity index (χ4v) is 2.93. The summed E-state index contributed by atoms with van der Waals surface area (Å²) in [6.07, 6.45) is 0.189. The van der Waals surface area contributed by atoms with Gasteiger partial charge in [0.25, 0.3) is 10.1 Å². The third kappa shape index (κ3) is 9.33. The van der Waals surface area contributed by atoms with E-state index in [1.165, 1.54) is 0 Å². The smallest absolute Gasteiger partial charge is 0.333 e. The summed E-state index contributed by atoms with van der Waals surface area (Å²) in [6, 6.07) is 0. The topological polar surface area (TPSA) is 120 Å². The molecule has 1 atom stereocenters. The summed E-state index contributed by atoms with van der Waals surface area (Å²) < 4.78 is 41.9. The summed E-state index contributed by atoms with van der Waals surface area (Å²) in [5.41, 5.74) is 0.343. The molecule has 0 fully saturated rings. The molecular formula is C15H31NO7S. The van der Waals surface area contributed by atoms with Gasteiger partial charge in [-0.15, -0.1) is 0 Å². The van der Waals surface area contributed by atoms with E-state index < -0.39 is 16.1 Å². The van der Waals surface area contributed by atoms with E-state index in [0.29, 0.717) is 23.0 Å². The maximum atomic E-state index is 11.3. The number of rotatable bonds is 12. The van der Waals surface area contributed by atoms with Gasteiger partial charge in [-0.05, 0) is 20.8 Å². The monoisotopic (exact) mass is 369 g/mol. The van der Waals surface area contributed by atoms with Crippen molar-refractivity contribution >= 4 is 16.1 Å². The first-order chi connectivity index (χ1) is 10.6. The Hall–Kier alpha value is -1.00. The SMILES string of the molecule is C=C(C)C(=O)OCCOC(C)[N+](CC)(CC)CCCS(=O)(=O)O.[OH-]. The first-order valence-electron chi connectivity index (χ1n) is 7.83. The number of esters is 1. The van der Waals surface area contributed by atoms with Crippen molar-refractivity contribution in [3.8, 4) is 0 Å². The van der Waals surface area contributed by atoms with Crippen LogP contribution in [0.3, 0.4) is 0 Å². The van der Waals surface area contributed by atoms with Crippen molar-refractivity contribution in [3.63, 3.8) is 0 Å². The Balaban J connectivity index is 0.